The minimum absolute atomic E-state index is 0.186. The van der Waals surface area contributed by atoms with Gasteiger partial charge in [0.1, 0.15) is 24.5 Å². The lowest BCUT2D eigenvalue weighted by Gasteiger charge is -2.12. The second kappa shape index (κ2) is 6.00. The highest BCUT2D eigenvalue weighted by molar-refractivity contribution is 5.30. The maximum Gasteiger partial charge on any atom is 0.165 e. The van der Waals surface area contributed by atoms with Gasteiger partial charge < -0.3 is 9.84 Å². The van der Waals surface area contributed by atoms with Gasteiger partial charge in [-0.2, -0.15) is 5.10 Å². The molecule has 20 heavy (non-hydrogen) atoms. The molecule has 1 atom stereocenters. The molecule has 0 spiro atoms. The molecule has 0 unspecified atom stereocenters. The van der Waals surface area contributed by atoms with E-state index in [0.29, 0.717) is 11.6 Å². The summed E-state index contributed by atoms with van der Waals surface area (Å²) in [5, 5.41) is 13.5. The van der Waals surface area contributed by atoms with E-state index in [4.69, 9.17) is 4.74 Å². The van der Waals surface area contributed by atoms with Crippen molar-refractivity contribution in [2.75, 3.05) is 0 Å². The van der Waals surface area contributed by atoms with E-state index in [1.165, 1.54) is 25.4 Å². The molecule has 0 saturated heterocycles. The number of aliphatic hydroxyl groups excluding tert-OH is 1. The molecule has 2 aromatic rings. The number of hydrogen-bond donors (Lipinski definition) is 1. The number of aliphatic hydroxyl groups is 1. The zero-order chi connectivity index (χ0) is 14.7. The van der Waals surface area contributed by atoms with Crippen molar-refractivity contribution in [3.63, 3.8) is 0 Å². The van der Waals surface area contributed by atoms with Crippen LogP contribution in [0.5, 0.6) is 5.75 Å². The lowest BCUT2D eigenvalue weighted by molar-refractivity contribution is 0.193. The molecule has 0 amide bonds. The van der Waals surface area contributed by atoms with E-state index in [0.717, 1.165) is 0 Å². The fourth-order valence-electron chi connectivity index (χ4n) is 1.89. The Balaban J connectivity index is 2.08. The zero-order valence-corrected chi connectivity index (χ0v) is 11.7. The van der Waals surface area contributed by atoms with Crippen molar-refractivity contribution in [1.82, 2.24) is 14.8 Å². The molecule has 0 fully saturated rings. The average molecular weight is 279 g/mol. The van der Waals surface area contributed by atoms with Gasteiger partial charge in [-0.05, 0) is 32.9 Å². The number of nitrogens with zero attached hydrogens (tertiary/aromatic N) is 3. The molecular formula is C14H18FN3O2. The molecular weight excluding hydrogens is 261 g/mol. The molecule has 2 rings (SSSR count). The fourth-order valence-corrected chi connectivity index (χ4v) is 1.89. The van der Waals surface area contributed by atoms with Gasteiger partial charge >= 0.3 is 0 Å². The predicted molar refractivity (Wildman–Crippen MR) is 71.8 cm³/mol. The molecule has 1 aromatic heterocycles. The van der Waals surface area contributed by atoms with Crippen molar-refractivity contribution in [2.24, 2.45) is 0 Å². The van der Waals surface area contributed by atoms with Crippen LogP contribution in [0.2, 0.25) is 0 Å². The average Bonchev–Trinajstić information content (AvgIpc) is 2.84. The minimum Gasteiger partial charge on any atom is -0.486 e. The summed E-state index contributed by atoms with van der Waals surface area (Å²) in [4.78, 5) is 4.11. The third kappa shape index (κ3) is 3.14. The standard InChI is InChI=1S/C14H18FN3O2/c1-9(2)18-14(16-8-17-18)7-20-11-4-5-12(10(3)19)13(15)6-11/h4-6,8-10,19H,7H2,1-3H3/t10-/m0/s1. The van der Waals surface area contributed by atoms with Gasteiger partial charge in [0.25, 0.3) is 0 Å². The van der Waals surface area contributed by atoms with Gasteiger partial charge in [0, 0.05) is 17.7 Å². The first-order valence-corrected chi connectivity index (χ1v) is 6.47. The molecule has 108 valence electrons. The molecule has 1 heterocycles. The lowest BCUT2D eigenvalue weighted by Crippen LogP contribution is -2.10. The quantitative estimate of drug-likeness (QED) is 0.914. The highest BCUT2D eigenvalue weighted by atomic mass is 19.1. The van der Waals surface area contributed by atoms with Gasteiger partial charge in [0.15, 0.2) is 5.82 Å². The van der Waals surface area contributed by atoms with E-state index in [1.54, 1.807) is 10.7 Å². The molecule has 0 saturated carbocycles. The number of aromatic nitrogens is 3. The van der Waals surface area contributed by atoms with Crippen LogP contribution >= 0.6 is 0 Å². The molecule has 0 radical (unpaired) electrons. The number of benzene rings is 1. The third-order valence-electron chi connectivity index (χ3n) is 2.93. The van der Waals surface area contributed by atoms with Gasteiger partial charge in [-0.15, -0.1) is 0 Å². The Labute approximate surface area is 117 Å². The Morgan fingerprint density at radius 1 is 1.35 bits per heavy atom. The van der Waals surface area contributed by atoms with Crippen LogP contribution in [-0.4, -0.2) is 19.9 Å². The van der Waals surface area contributed by atoms with Crippen LogP contribution in [0.15, 0.2) is 24.5 Å². The Morgan fingerprint density at radius 2 is 2.10 bits per heavy atom. The molecule has 1 N–H and O–H groups in total. The number of rotatable bonds is 5. The second-order valence-corrected chi connectivity index (χ2v) is 4.86. The first kappa shape index (κ1) is 14.5. The van der Waals surface area contributed by atoms with Crippen molar-refractivity contribution in [2.45, 2.75) is 39.5 Å². The predicted octanol–water partition coefficient (Wildman–Crippen LogP) is 2.63. The van der Waals surface area contributed by atoms with Crippen LogP contribution in [0.3, 0.4) is 0 Å². The van der Waals surface area contributed by atoms with E-state index in [9.17, 15) is 9.50 Å². The van der Waals surface area contributed by atoms with Crippen LogP contribution in [0.25, 0.3) is 0 Å². The maximum absolute atomic E-state index is 13.7. The molecule has 0 aliphatic carbocycles. The fraction of sp³-hybridized carbons (Fsp3) is 0.429. The number of ether oxygens (including phenoxy) is 1. The SMILES string of the molecule is CC(C)n1ncnc1COc1ccc([C@H](C)O)c(F)c1. The summed E-state index contributed by atoms with van der Waals surface area (Å²) in [5.74, 6) is 0.591. The van der Waals surface area contributed by atoms with Gasteiger partial charge in [-0.25, -0.2) is 14.1 Å². The Bertz CT molecular complexity index is 582. The van der Waals surface area contributed by atoms with Crippen molar-refractivity contribution in [3.05, 3.63) is 41.7 Å². The summed E-state index contributed by atoms with van der Waals surface area (Å²) in [6, 6.07) is 4.59. The maximum atomic E-state index is 13.7. The van der Waals surface area contributed by atoms with Crippen molar-refractivity contribution in [1.29, 1.82) is 0 Å². The van der Waals surface area contributed by atoms with Crippen molar-refractivity contribution < 1.29 is 14.2 Å². The Hall–Kier alpha value is -1.95. The van der Waals surface area contributed by atoms with E-state index in [-0.39, 0.29) is 18.2 Å². The van der Waals surface area contributed by atoms with Crippen LogP contribution in [-0.2, 0) is 6.61 Å². The van der Waals surface area contributed by atoms with Crippen LogP contribution in [0.1, 0.15) is 44.3 Å². The smallest absolute Gasteiger partial charge is 0.165 e. The number of hydrogen-bond acceptors (Lipinski definition) is 4. The summed E-state index contributed by atoms with van der Waals surface area (Å²) in [7, 11) is 0. The number of halogens is 1. The van der Waals surface area contributed by atoms with Gasteiger partial charge in [-0.3, -0.25) is 0 Å². The Morgan fingerprint density at radius 3 is 2.70 bits per heavy atom. The summed E-state index contributed by atoms with van der Waals surface area (Å²) in [6.45, 7) is 5.72. The Kier molecular flexibility index (Phi) is 4.34. The van der Waals surface area contributed by atoms with Crippen LogP contribution in [0.4, 0.5) is 4.39 Å². The summed E-state index contributed by atoms with van der Waals surface area (Å²) in [6.07, 6.45) is 0.628. The van der Waals surface area contributed by atoms with Gasteiger partial charge in [0.05, 0.1) is 6.10 Å². The summed E-state index contributed by atoms with van der Waals surface area (Å²) >= 11 is 0. The van der Waals surface area contributed by atoms with Crippen LogP contribution in [0, 0.1) is 5.82 Å². The molecule has 0 aliphatic heterocycles. The highest BCUT2D eigenvalue weighted by Crippen LogP contribution is 2.22. The van der Waals surface area contributed by atoms with E-state index >= 15 is 0 Å². The lowest BCUT2D eigenvalue weighted by atomic mass is 10.1. The van der Waals surface area contributed by atoms with Crippen molar-refractivity contribution >= 4 is 0 Å². The second-order valence-electron chi connectivity index (χ2n) is 4.86. The van der Waals surface area contributed by atoms with E-state index < -0.39 is 11.9 Å². The molecule has 5 nitrogen and oxygen atoms in total. The first-order valence-electron chi connectivity index (χ1n) is 6.47. The first-order chi connectivity index (χ1) is 9.49. The van der Waals surface area contributed by atoms with Gasteiger partial charge in [0.2, 0.25) is 0 Å². The molecule has 1 aromatic carbocycles. The van der Waals surface area contributed by atoms with E-state index in [2.05, 4.69) is 10.1 Å². The van der Waals surface area contributed by atoms with E-state index in [1.807, 2.05) is 13.8 Å². The topological polar surface area (TPSA) is 60.2 Å². The molecule has 0 aliphatic rings. The summed E-state index contributed by atoms with van der Waals surface area (Å²) in [5.41, 5.74) is 0.252. The minimum atomic E-state index is -0.840. The third-order valence-corrected chi connectivity index (χ3v) is 2.93. The van der Waals surface area contributed by atoms with Crippen LogP contribution < -0.4 is 4.74 Å². The van der Waals surface area contributed by atoms with Crippen molar-refractivity contribution in [3.8, 4) is 5.75 Å². The molecule has 0 bridgehead atoms. The summed E-state index contributed by atoms with van der Waals surface area (Å²) < 4.78 is 21.0. The largest absolute Gasteiger partial charge is 0.486 e. The monoisotopic (exact) mass is 279 g/mol. The van der Waals surface area contributed by atoms with Gasteiger partial charge in [-0.1, -0.05) is 0 Å². The normalized spacial score (nSPS) is 12.7. The molecule has 6 heteroatoms. The highest BCUT2D eigenvalue weighted by Gasteiger charge is 2.11. The zero-order valence-electron chi connectivity index (χ0n) is 11.7.